The Morgan fingerprint density at radius 1 is 1.18 bits per heavy atom. The van der Waals surface area contributed by atoms with Crippen molar-refractivity contribution in [2.75, 3.05) is 10.6 Å². The van der Waals surface area contributed by atoms with E-state index in [0.29, 0.717) is 22.8 Å². The number of allylic oxidation sites excluding steroid dienone is 1. The fourth-order valence-electron chi connectivity index (χ4n) is 3.45. The normalized spacial score (nSPS) is 15.8. The van der Waals surface area contributed by atoms with Crippen molar-refractivity contribution in [2.45, 2.75) is 26.8 Å². The number of nitrogens with zero attached hydrogens (tertiary/aromatic N) is 3. The van der Waals surface area contributed by atoms with Crippen molar-refractivity contribution in [1.29, 1.82) is 0 Å². The molecule has 0 saturated heterocycles. The molecule has 7 heteroatoms. The molecule has 2 heterocycles. The lowest BCUT2D eigenvalue weighted by Gasteiger charge is -2.29. The maximum atomic E-state index is 13.9. The lowest BCUT2D eigenvalue weighted by molar-refractivity contribution is -0.113. The second kappa shape index (κ2) is 6.92. The standard InChI is InChI=1S/C21H20FN5O/c1-12-6-4-9-17(13(12)2)26-20(28)18-14(3)25-21-23-11-24-27(21)19(18)15-7-5-8-16(22)10-15/h4-11,19H,1-3H3,(H,26,28)(H,23,24,25). The Labute approximate surface area is 162 Å². The predicted octanol–water partition coefficient (Wildman–Crippen LogP) is 3.96. The average Bonchev–Trinajstić information content (AvgIpc) is 3.12. The third-order valence-corrected chi connectivity index (χ3v) is 5.06. The van der Waals surface area contributed by atoms with Crippen LogP contribution < -0.4 is 10.6 Å². The van der Waals surface area contributed by atoms with Crippen LogP contribution >= 0.6 is 0 Å². The van der Waals surface area contributed by atoms with Crippen LogP contribution in [0.3, 0.4) is 0 Å². The molecule has 0 radical (unpaired) electrons. The third-order valence-electron chi connectivity index (χ3n) is 5.06. The van der Waals surface area contributed by atoms with E-state index in [4.69, 9.17) is 0 Å². The molecule has 1 aromatic heterocycles. The van der Waals surface area contributed by atoms with E-state index in [1.165, 1.54) is 18.5 Å². The van der Waals surface area contributed by atoms with E-state index in [9.17, 15) is 9.18 Å². The number of carbonyl (C=O) groups excluding carboxylic acids is 1. The van der Waals surface area contributed by atoms with E-state index in [-0.39, 0.29) is 11.7 Å². The largest absolute Gasteiger partial charge is 0.328 e. The number of amides is 1. The summed E-state index contributed by atoms with van der Waals surface area (Å²) in [6, 6.07) is 11.4. The fourth-order valence-corrected chi connectivity index (χ4v) is 3.45. The summed E-state index contributed by atoms with van der Waals surface area (Å²) in [6.07, 6.45) is 1.41. The number of fused-ring (bicyclic) bond motifs is 1. The highest BCUT2D eigenvalue weighted by Gasteiger charge is 2.33. The predicted molar refractivity (Wildman–Crippen MR) is 105 cm³/mol. The minimum atomic E-state index is -0.584. The van der Waals surface area contributed by atoms with Crippen LogP contribution in [0.2, 0.25) is 0 Å². The van der Waals surface area contributed by atoms with Gasteiger partial charge in [0.2, 0.25) is 5.95 Å². The van der Waals surface area contributed by atoms with Crippen molar-refractivity contribution in [3.63, 3.8) is 0 Å². The summed E-state index contributed by atoms with van der Waals surface area (Å²) in [5, 5.41) is 10.4. The van der Waals surface area contributed by atoms with Gasteiger partial charge in [-0.05, 0) is 55.7 Å². The molecule has 0 saturated carbocycles. The zero-order valence-corrected chi connectivity index (χ0v) is 15.8. The Hall–Kier alpha value is -3.48. The van der Waals surface area contributed by atoms with E-state index in [2.05, 4.69) is 20.7 Å². The van der Waals surface area contributed by atoms with Crippen LogP contribution in [0.4, 0.5) is 16.0 Å². The van der Waals surface area contributed by atoms with Gasteiger partial charge in [0.25, 0.3) is 5.91 Å². The van der Waals surface area contributed by atoms with Gasteiger partial charge in [-0.15, -0.1) is 0 Å². The number of hydrogen-bond donors (Lipinski definition) is 2. The smallest absolute Gasteiger partial charge is 0.255 e. The van der Waals surface area contributed by atoms with E-state index in [0.717, 1.165) is 16.8 Å². The van der Waals surface area contributed by atoms with Gasteiger partial charge in [0, 0.05) is 11.4 Å². The van der Waals surface area contributed by atoms with E-state index >= 15 is 0 Å². The van der Waals surface area contributed by atoms with Crippen LogP contribution in [-0.4, -0.2) is 20.7 Å². The number of halogens is 1. The van der Waals surface area contributed by atoms with Crippen molar-refractivity contribution in [3.8, 4) is 0 Å². The average molecular weight is 377 g/mol. The van der Waals surface area contributed by atoms with Gasteiger partial charge in [0.1, 0.15) is 18.2 Å². The molecule has 28 heavy (non-hydrogen) atoms. The van der Waals surface area contributed by atoms with Crippen LogP contribution in [-0.2, 0) is 4.79 Å². The van der Waals surface area contributed by atoms with Crippen molar-refractivity contribution in [1.82, 2.24) is 14.8 Å². The second-order valence-corrected chi connectivity index (χ2v) is 6.85. The molecule has 2 N–H and O–H groups in total. The van der Waals surface area contributed by atoms with Gasteiger partial charge in [-0.2, -0.15) is 10.1 Å². The molecule has 1 aliphatic rings. The second-order valence-electron chi connectivity index (χ2n) is 6.85. The number of rotatable bonds is 3. The Bertz CT molecular complexity index is 1100. The van der Waals surface area contributed by atoms with Crippen LogP contribution in [0.15, 0.2) is 60.1 Å². The SMILES string of the molecule is CC1=C(C(=O)Nc2cccc(C)c2C)C(c2cccc(F)c2)n2ncnc2N1. The minimum Gasteiger partial charge on any atom is -0.328 e. The Morgan fingerprint density at radius 3 is 2.75 bits per heavy atom. The molecule has 4 rings (SSSR count). The lowest BCUT2D eigenvalue weighted by atomic mass is 9.94. The molecule has 0 fully saturated rings. The highest BCUT2D eigenvalue weighted by atomic mass is 19.1. The first kappa shape index (κ1) is 17.9. The molecule has 6 nitrogen and oxygen atoms in total. The van der Waals surface area contributed by atoms with Gasteiger partial charge in [0.15, 0.2) is 0 Å². The number of benzene rings is 2. The summed E-state index contributed by atoms with van der Waals surface area (Å²) >= 11 is 0. The number of aromatic nitrogens is 3. The Balaban J connectivity index is 1.78. The van der Waals surface area contributed by atoms with Crippen LogP contribution in [0, 0.1) is 19.7 Å². The maximum absolute atomic E-state index is 13.9. The molecule has 1 amide bonds. The number of aryl methyl sites for hydroxylation is 1. The zero-order valence-electron chi connectivity index (χ0n) is 15.8. The van der Waals surface area contributed by atoms with Crippen molar-refractivity contribution < 1.29 is 9.18 Å². The van der Waals surface area contributed by atoms with Gasteiger partial charge in [-0.25, -0.2) is 9.07 Å². The summed E-state index contributed by atoms with van der Waals surface area (Å²) in [5.74, 6) is -0.131. The number of anilines is 2. The highest BCUT2D eigenvalue weighted by Crippen LogP contribution is 2.35. The van der Waals surface area contributed by atoms with Crippen LogP contribution in [0.5, 0.6) is 0 Å². The van der Waals surface area contributed by atoms with Gasteiger partial charge in [0.05, 0.1) is 5.57 Å². The van der Waals surface area contributed by atoms with Gasteiger partial charge in [-0.3, -0.25) is 4.79 Å². The molecule has 0 spiro atoms. The van der Waals surface area contributed by atoms with Gasteiger partial charge >= 0.3 is 0 Å². The molecule has 142 valence electrons. The molecular weight excluding hydrogens is 357 g/mol. The van der Waals surface area contributed by atoms with Crippen LogP contribution in [0.25, 0.3) is 0 Å². The molecule has 2 aromatic carbocycles. The molecule has 3 aromatic rings. The van der Waals surface area contributed by atoms with Crippen molar-refractivity contribution in [3.05, 3.63) is 82.6 Å². The highest BCUT2D eigenvalue weighted by molar-refractivity contribution is 6.06. The fraction of sp³-hybridized carbons (Fsp3) is 0.190. The van der Waals surface area contributed by atoms with Gasteiger partial charge < -0.3 is 10.6 Å². The zero-order chi connectivity index (χ0) is 19.8. The molecule has 0 bridgehead atoms. The monoisotopic (exact) mass is 377 g/mol. The third kappa shape index (κ3) is 3.05. The Morgan fingerprint density at radius 2 is 1.96 bits per heavy atom. The van der Waals surface area contributed by atoms with Gasteiger partial charge in [-0.1, -0.05) is 24.3 Å². The number of nitrogens with one attached hydrogen (secondary N) is 2. The van der Waals surface area contributed by atoms with Crippen molar-refractivity contribution in [2.24, 2.45) is 0 Å². The molecule has 1 aliphatic heterocycles. The molecular formula is C21H20FN5O. The quantitative estimate of drug-likeness (QED) is 0.725. The van der Waals surface area contributed by atoms with Crippen molar-refractivity contribution >= 4 is 17.5 Å². The minimum absolute atomic E-state index is 0.269. The molecule has 1 unspecified atom stereocenters. The van der Waals surface area contributed by atoms with E-state index < -0.39 is 6.04 Å². The van der Waals surface area contributed by atoms with E-state index in [1.54, 1.807) is 16.8 Å². The Kier molecular flexibility index (Phi) is 4.43. The number of hydrogen-bond acceptors (Lipinski definition) is 4. The summed E-state index contributed by atoms with van der Waals surface area (Å²) in [4.78, 5) is 17.5. The first-order valence-corrected chi connectivity index (χ1v) is 8.96. The lowest BCUT2D eigenvalue weighted by Crippen LogP contribution is -2.31. The number of carbonyl (C=O) groups is 1. The first-order chi connectivity index (χ1) is 13.5. The maximum Gasteiger partial charge on any atom is 0.255 e. The summed E-state index contributed by atoms with van der Waals surface area (Å²) in [6.45, 7) is 5.77. The first-order valence-electron chi connectivity index (χ1n) is 8.96. The summed E-state index contributed by atoms with van der Waals surface area (Å²) < 4.78 is 15.5. The van der Waals surface area contributed by atoms with E-state index in [1.807, 2.05) is 39.0 Å². The topological polar surface area (TPSA) is 71.8 Å². The molecule has 1 atom stereocenters. The molecule has 0 aliphatic carbocycles. The van der Waals surface area contributed by atoms with Crippen LogP contribution in [0.1, 0.15) is 29.7 Å². The summed E-state index contributed by atoms with van der Waals surface area (Å²) in [7, 11) is 0. The summed E-state index contributed by atoms with van der Waals surface area (Å²) in [5.41, 5.74) is 4.57.